The summed E-state index contributed by atoms with van der Waals surface area (Å²) in [6.45, 7) is 3.48. The van der Waals surface area contributed by atoms with E-state index < -0.39 is 32.2 Å². The third kappa shape index (κ3) is 4.09. The molecule has 2 N–H and O–H groups in total. The Morgan fingerprint density at radius 2 is 1.91 bits per heavy atom. The molecule has 1 aliphatic carbocycles. The normalized spacial score (nSPS) is 18.0. The van der Waals surface area contributed by atoms with E-state index in [0.29, 0.717) is 31.6 Å². The number of nitrogens with one attached hydrogen (secondary N) is 1. The van der Waals surface area contributed by atoms with E-state index in [1.165, 1.54) is 30.5 Å². The number of carboxylic acid groups (broad SMARTS) is 1. The molecule has 2 aliphatic rings. The average molecular weight is 491 g/mol. The molecular formula is C23H26N2O8S. The van der Waals surface area contributed by atoms with E-state index in [0.717, 1.165) is 6.07 Å². The van der Waals surface area contributed by atoms with Gasteiger partial charge in [0.25, 0.3) is 5.56 Å². The smallest absolute Gasteiger partial charge is 0.341 e. The summed E-state index contributed by atoms with van der Waals surface area (Å²) >= 11 is 0. The van der Waals surface area contributed by atoms with Crippen molar-refractivity contribution in [3.05, 3.63) is 39.7 Å². The Morgan fingerprint density at radius 3 is 2.50 bits per heavy atom. The van der Waals surface area contributed by atoms with Crippen molar-refractivity contribution in [2.24, 2.45) is 0 Å². The topological polar surface area (TPSA) is 141 Å². The van der Waals surface area contributed by atoms with Crippen molar-refractivity contribution in [1.82, 2.24) is 4.57 Å². The average Bonchev–Trinajstić information content (AvgIpc) is 3.60. The molecule has 1 aromatic heterocycles. The molecule has 182 valence electrons. The number of nitrogens with zero attached hydrogens (tertiary/aromatic N) is 1. The molecule has 2 aromatic rings. The van der Waals surface area contributed by atoms with Crippen LogP contribution in [0.15, 0.2) is 27.9 Å². The number of amides is 1. The first kappa shape index (κ1) is 24.0. The minimum Gasteiger partial charge on any atom is -0.491 e. The van der Waals surface area contributed by atoms with Crippen molar-refractivity contribution in [2.75, 3.05) is 25.6 Å². The predicted octanol–water partition coefficient (Wildman–Crippen LogP) is 2.77. The Kier molecular flexibility index (Phi) is 6.26. The number of fused-ring (bicyclic) bond motifs is 3. The number of methoxy groups -OCH3 is 1. The van der Waals surface area contributed by atoms with Crippen molar-refractivity contribution >= 4 is 27.4 Å². The number of carbonyl (C=O) groups is 2. The summed E-state index contributed by atoms with van der Waals surface area (Å²) in [7, 11) is -2.38. The summed E-state index contributed by atoms with van der Waals surface area (Å²) in [5.41, 5.74) is -0.0201. The Morgan fingerprint density at radius 1 is 1.21 bits per heavy atom. The minimum atomic E-state index is -3.94. The summed E-state index contributed by atoms with van der Waals surface area (Å²) in [4.78, 5) is 36.7. The zero-order chi connectivity index (χ0) is 24.8. The largest absolute Gasteiger partial charge is 0.491 e. The highest BCUT2D eigenvalue weighted by atomic mass is 32.2. The molecule has 4 rings (SSSR count). The highest BCUT2D eigenvalue weighted by molar-refractivity contribution is 7.92. The lowest BCUT2D eigenvalue weighted by Crippen LogP contribution is -2.32. The van der Waals surface area contributed by atoms with Crippen LogP contribution in [0.1, 0.15) is 60.3 Å². The van der Waals surface area contributed by atoms with Gasteiger partial charge in [0.2, 0.25) is 5.91 Å². The molecule has 1 atom stereocenters. The summed E-state index contributed by atoms with van der Waals surface area (Å²) in [5.74, 6) is -1.60. The maximum absolute atomic E-state index is 13.5. The zero-order valence-electron chi connectivity index (χ0n) is 19.1. The number of aromatic nitrogens is 1. The van der Waals surface area contributed by atoms with Gasteiger partial charge in [-0.25, -0.2) is 13.2 Å². The first-order valence-corrected chi connectivity index (χ1v) is 12.5. The Hall–Kier alpha value is -3.18. The van der Waals surface area contributed by atoms with Gasteiger partial charge in [0.15, 0.2) is 9.84 Å². The quantitative estimate of drug-likeness (QED) is 0.538. The first-order valence-electron chi connectivity index (χ1n) is 10.9. The van der Waals surface area contributed by atoms with Crippen LogP contribution in [0.2, 0.25) is 0 Å². The molecule has 1 unspecified atom stereocenters. The molecule has 1 aromatic carbocycles. The third-order valence-corrected chi connectivity index (χ3v) is 8.15. The van der Waals surface area contributed by atoms with Gasteiger partial charge in [0.05, 0.1) is 28.1 Å². The fraction of sp³-hybridized carbons (Fsp3) is 0.435. The van der Waals surface area contributed by atoms with Crippen LogP contribution in [0.5, 0.6) is 5.75 Å². The summed E-state index contributed by atoms with van der Waals surface area (Å²) in [6.07, 6.45) is 1.93. The highest BCUT2D eigenvalue weighted by Gasteiger charge is 2.41. The lowest BCUT2D eigenvalue weighted by molar-refractivity contribution is -0.114. The van der Waals surface area contributed by atoms with Gasteiger partial charge in [-0.15, -0.1) is 0 Å². The van der Waals surface area contributed by atoms with Crippen LogP contribution in [-0.2, 0) is 19.4 Å². The number of pyridine rings is 1. The van der Waals surface area contributed by atoms with E-state index in [4.69, 9.17) is 9.47 Å². The summed E-state index contributed by atoms with van der Waals surface area (Å²) in [5, 5.41) is 11.2. The lowest BCUT2D eigenvalue weighted by atomic mass is 9.99. The van der Waals surface area contributed by atoms with E-state index >= 15 is 0 Å². The predicted molar refractivity (Wildman–Crippen MR) is 123 cm³/mol. The molecule has 0 saturated heterocycles. The number of sulfone groups is 1. The van der Waals surface area contributed by atoms with Gasteiger partial charge in [0.1, 0.15) is 11.3 Å². The van der Waals surface area contributed by atoms with E-state index in [1.54, 1.807) is 7.11 Å². The number of carbonyl (C=O) groups excluding carboxylic acids is 1. The second kappa shape index (κ2) is 8.88. The molecule has 2 heterocycles. The van der Waals surface area contributed by atoms with Crippen LogP contribution >= 0.6 is 0 Å². The van der Waals surface area contributed by atoms with Gasteiger partial charge in [-0.05, 0) is 37.5 Å². The summed E-state index contributed by atoms with van der Waals surface area (Å²) in [6, 6.07) is 3.81. The van der Waals surface area contributed by atoms with Gasteiger partial charge in [-0.3, -0.25) is 9.59 Å². The van der Waals surface area contributed by atoms with Crippen LogP contribution in [0.25, 0.3) is 11.3 Å². The molecule has 0 radical (unpaired) electrons. The molecule has 1 saturated carbocycles. The molecule has 34 heavy (non-hydrogen) atoms. The molecular weight excluding hydrogens is 464 g/mol. The monoisotopic (exact) mass is 490 g/mol. The van der Waals surface area contributed by atoms with Crippen molar-refractivity contribution in [3.8, 4) is 17.0 Å². The van der Waals surface area contributed by atoms with Gasteiger partial charge >= 0.3 is 5.97 Å². The lowest BCUT2D eigenvalue weighted by Gasteiger charge is -2.29. The standard InChI is InChI=1S/C23H26N2O8S/c1-12-15-9-17(23(28)29)22(27)25(14-5-6-14)21(15)16-10-18(24-13(2)26)19(33-8-4-7-32-3)11-20(16)34(12,30)31/h9-12,14H,4-8H2,1-3H3,(H,24,26)(H,28,29). The second-order valence-corrected chi connectivity index (χ2v) is 10.7. The maximum Gasteiger partial charge on any atom is 0.341 e. The molecule has 1 fully saturated rings. The zero-order valence-corrected chi connectivity index (χ0v) is 19.9. The van der Waals surface area contributed by atoms with Crippen molar-refractivity contribution in [2.45, 2.75) is 49.3 Å². The maximum atomic E-state index is 13.5. The minimum absolute atomic E-state index is 0.0276. The van der Waals surface area contributed by atoms with Crippen molar-refractivity contribution in [3.63, 3.8) is 0 Å². The number of hydrogen-bond donors (Lipinski definition) is 2. The number of rotatable bonds is 8. The summed E-state index contributed by atoms with van der Waals surface area (Å²) < 4.78 is 39.2. The Bertz CT molecular complexity index is 1340. The number of aromatic carboxylic acids is 1. The van der Waals surface area contributed by atoms with Gasteiger partial charge in [-0.1, -0.05) is 0 Å². The molecule has 1 amide bonds. The number of ether oxygens (including phenoxy) is 2. The van der Waals surface area contributed by atoms with Crippen LogP contribution in [-0.4, -0.2) is 50.3 Å². The number of carboxylic acids is 1. The van der Waals surface area contributed by atoms with Gasteiger partial charge in [-0.2, -0.15) is 0 Å². The molecule has 1 aliphatic heterocycles. The fourth-order valence-corrected chi connectivity index (χ4v) is 5.85. The van der Waals surface area contributed by atoms with Crippen LogP contribution in [0.4, 0.5) is 5.69 Å². The van der Waals surface area contributed by atoms with E-state index in [2.05, 4.69) is 5.32 Å². The van der Waals surface area contributed by atoms with Gasteiger partial charge < -0.3 is 24.5 Å². The van der Waals surface area contributed by atoms with Crippen LogP contribution in [0.3, 0.4) is 0 Å². The number of hydrogen-bond acceptors (Lipinski definition) is 7. The van der Waals surface area contributed by atoms with Crippen molar-refractivity contribution < 1.29 is 32.6 Å². The fourth-order valence-electron chi connectivity index (χ4n) is 4.22. The number of anilines is 1. The third-order valence-electron chi connectivity index (χ3n) is 6.01. The first-order chi connectivity index (χ1) is 16.1. The van der Waals surface area contributed by atoms with E-state index in [1.807, 2.05) is 0 Å². The molecule has 0 bridgehead atoms. The van der Waals surface area contributed by atoms with E-state index in [9.17, 15) is 27.9 Å². The van der Waals surface area contributed by atoms with Crippen LogP contribution in [0, 0.1) is 0 Å². The molecule has 11 heteroatoms. The second-order valence-electron chi connectivity index (χ2n) is 8.48. The Balaban J connectivity index is 1.99. The molecule has 0 spiro atoms. The SMILES string of the molecule is COCCCOc1cc2c(cc1NC(C)=O)-c1c(cc(C(=O)O)c(=O)n1C1CC1)C(C)S2(=O)=O. The Labute approximate surface area is 196 Å². The van der Waals surface area contributed by atoms with Crippen LogP contribution < -0.4 is 15.6 Å². The van der Waals surface area contributed by atoms with Gasteiger partial charge in [0, 0.05) is 44.7 Å². The van der Waals surface area contributed by atoms with Crippen molar-refractivity contribution in [1.29, 1.82) is 0 Å². The van der Waals surface area contributed by atoms with E-state index in [-0.39, 0.29) is 46.0 Å². The molecule has 10 nitrogen and oxygen atoms in total. The highest BCUT2D eigenvalue weighted by Crippen LogP contribution is 2.50. The number of benzene rings is 1.